The van der Waals surface area contributed by atoms with Crippen molar-refractivity contribution in [3.8, 4) is 11.3 Å². The van der Waals surface area contributed by atoms with Crippen LogP contribution >= 0.6 is 46.8 Å². The molecule has 2 aromatic carbocycles. The lowest BCUT2D eigenvalue weighted by Crippen LogP contribution is -1.96. The zero-order chi connectivity index (χ0) is 18.9. The highest BCUT2D eigenvalue weighted by Gasteiger charge is 2.03. The normalized spacial score (nSPS) is 9.85. The summed E-state index contributed by atoms with van der Waals surface area (Å²) in [4.78, 5) is 19.0. The Balaban J connectivity index is 0.000000197. The third-order valence-electron chi connectivity index (χ3n) is 3.04. The largest absolute Gasteiger partial charge is 0.299 e. The van der Waals surface area contributed by atoms with Crippen LogP contribution in [0.1, 0.15) is 5.69 Å². The summed E-state index contributed by atoms with van der Waals surface area (Å²) in [6.07, 6.45) is 2.17. The van der Waals surface area contributed by atoms with Crippen LogP contribution in [0, 0.1) is 6.92 Å². The van der Waals surface area contributed by atoms with Gasteiger partial charge in [-0.25, -0.2) is 9.97 Å². The molecule has 4 nitrogen and oxygen atoms in total. The number of aryl methyl sites for hydroxylation is 1. The lowest BCUT2D eigenvalue weighted by Gasteiger charge is -2.02. The highest BCUT2D eigenvalue weighted by atomic mass is 35.5. The van der Waals surface area contributed by atoms with Gasteiger partial charge in [0.2, 0.25) is 6.41 Å². The zero-order valence-electron chi connectivity index (χ0n) is 13.6. The molecule has 0 radical (unpaired) electrons. The van der Waals surface area contributed by atoms with E-state index in [1.807, 2.05) is 31.2 Å². The molecule has 1 amide bonds. The Bertz CT molecular complexity index is 893. The highest BCUT2D eigenvalue weighted by Crippen LogP contribution is 2.27. The lowest BCUT2D eigenvalue weighted by atomic mass is 10.1. The molecule has 0 spiro atoms. The fourth-order valence-electron chi connectivity index (χ4n) is 1.89. The molecule has 0 aliphatic carbocycles. The van der Waals surface area contributed by atoms with E-state index in [1.54, 1.807) is 24.3 Å². The summed E-state index contributed by atoms with van der Waals surface area (Å²) >= 11 is 18.7. The number of nitrogens with one attached hydrogen (secondary N) is 1. The number of aromatic nitrogens is 2. The highest BCUT2D eigenvalue weighted by molar-refractivity contribution is 7.97. The summed E-state index contributed by atoms with van der Waals surface area (Å²) in [7, 11) is 0. The number of nitrogens with zero attached hydrogens (tertiary/aromatic N) is 2. The number of carbonyl (C=O) groups excluding carboxylic acids is 1. The van der Waals surface area contributed by atoms with Crippen molar-refractivity contribution in [2.45, 2.75) is 11.8 Å². The second-order valence-corrected chi connectivity index (χ2v) is 7.13. The van der Waals surface area contributed by atoms with Crippen LogP contribution < -0.4 is 4.72 Å². The van der Waals surface area contributed by atoms with E-state index in [2.05, 4.69) is 14.7 Å². The summed E-state index contributed by atoms with van der Waals surface area (Å²) in [5, 5.41) is 1.75. The summed E-state index contributed by atoms with van der Waals surface area (Å²) in [6.45, 7) is 1.92. The number of rotatable bonds is 4. The molecule has 0 saturated carbocycles. The predicted molar refractivity (Wildman–Crippen MR) is 109 cm³/mol. The van der Waals surface area contributed by atoms with E-state index in [0.29, 0.717) is 21.5 Å². The molecule has 134 valence electrons. The van der Waals surface area contributed by atoms with E-state index in [1.165, 1.54) is 18.3 Å². The van der Waals surface area contributed by atoms with Gasteiger partial charge in [-0.3, -0.25) is 9.52 Å². The van der Waals surface area contributed by atoms with Crippen LogP contribution in [0.15, 0.2) is 59.8 Å². The predicted octanol–water partition coefficient (Wildman–Crippen LogP) is 5.85. The van der Waals surface area contributed by atoms with E-state index < -0.39 is 0 Å². The van der Waals surface area contributed by atoms with Crippen molar-refractivity contribution in [3.05, 3.63) is 75.6 Å². The number of hydrogen-bond donors (Lipinski definition) is 1. The maximum Gasteiger partial charge on any atom is 0.217 e. The number of amides is 1. The topological polar surface area (TPSA) is 54.9 Å². The zero-order valence-corrected chi connectivity index (χ0v) is 16.7. The van der Waals surface area contributed by atoms with Crippen molar-refractivity contribution in [2.75, 3.05) is 0 Å². The average molecular weight is 427 g/mol. The number of benzene rings is 2. The standard InChI is InChI=1S/C11H8Cl2N2.C7H6ClNOS/c1-7-4-11(15-6-14-7)8-2-3-9(12)10(13)5-8;8-6-2-1-3-7(4-6)11-9-5-10/h2-6H,1H3;1-5H,(H,9,10). The van der Waals surface area contributed by atoms with Crippen molar-refractivity contribution in [2.24, 2.45) is 0 Å². The first-order valence-electron chi connectivity index (χ1n) is 7.35. The first-order chi connectivity index (χ1) is 12.5. The summed E-state index contributed by atoms with van der Waals surface area (Å²) < 4.78 is 2.47. The maximum atomic E-state index is 9.90. The van der Waals surface area contributed by atoms with Gasteiger partial charge in [-0.15, -0.1) is 0 Å². The molecule has 0 fully saturated rings. The van der Waals surface area contributed by atoms with Crippen molar-refractivity contribution >= 4 is 53.2 Å². The SMILES string of the molecule is Cc1cc(-c2ccc(Cl)c(Cl)c2)ncn1.O=CNSc1cccc(Cl)c1. The molecular weight excluding hydrogens is 413 g/mol. The second-order valence-electron chi connectivity index (χ2n) is 4.97. The number of halogens is 3. The third kappa shape index (κ3) is 6.50. The van der Waals surface area contributed by atoms with Crippen LogP contribution in [0.25, 0.3) is 11.3 Å². The van der Waals surface area contributed by atoms with Gasteiger partial charge in [0.15, 0.2) is 0 Å². The minimum Gasteiger partial charge on any atom is -0.299 e. The van der Waals surface area contributed by atoms with Gasteiger partial charge in [0.05, 0.1) is 15.7 Å². The quantitative estimate of drug-likeness (QED) is 0.420. The van der Waals surface area contributed by atoms with Crippen LogP contribution in [0.2, 0.25) is 15.1 Å². The van der Waals surface area contributed by atoms with Crippen LogP contribution in [-0.4, -0.2) is 16.4 Å². The number of carbonyl (C=O) groups is 1. The van der Waals surface area contributed by atoms with Crippen LogP contribution in [0.3, 0.4) is 0 Å². The Hall–Kier alpha value is -1.79. The third-order valence-corrected chi connectivity index (χ3v) is 4.72. The molecule has 0 saturated heterocycles. The Kier molecular flexibility index (Phi) is 8.19. The minimum absolute atomic E-state index is 0.533. The lowest BCUT2D eigenvalue weighted by molar-refractivity contribution is -0.107. The molecule has 0 atom stereocenters. The fourth-order valence-corrected chi connectivity index (χ4v) is 2.96. The summed E-state index contributed by atoms with van der Waals surface area (Å²) in [6, 6.07) is 14.6. The molecule has 0 bridgehead atoms. The van der Waals surface area contributed by atoms with Gasteiger partial charge in [0.25, 0.3) is 0 Å². The second kappa shape index (κ2) is 10.4. The first-order valence-corrected chi connectivity index (χ1v) is 9.30. The van der Waals surface area contributed by atoms with Gasteiger partial charge < -0.3 is 0 Å². The molecule has 0 aliphatic rings. The van der Waals surface area contributed by atoms with E-state index in [-0.39, 0.29) is 0 Å². The maximum absolute atomic E-state index is 9.90. The van der Waals surface area contributed by atoms with Crippen molar-refractivity contribution in [1.29, 1.82) is 0 Å². The molecule has 3 rings (SSSR count). The van der Waals surface area contributed by atoms with Gasteiger partial charge in [0, 0.05) is 21.2 Å². The Morgan fingerprint density at radius 1 is 1.00 bits per heavy atom. The smallest absolute Gasteiger partial charge is 0.217 e. The van der Waals surface area contributed by atoms with E-state index >= 15 is 0 Å². The first kappa shape index (κ1) is 20.5. The van der Waals surface area contributed by atoms with Gasteiger partial charge in [0.1, 0.15) is 6.33 Å². The molecule has 0 unspecified atom stereocenters. The summed E-state index contributed by atoms with van der Waals surface area (Å²) in [5.74, 6) is 0. The van der Waals surface area contributed by atoms with Crippen molar-refractivity contribution in [1.82, 2.24) is 14.7 Å². The average Bonchev–Trinajstić information content (AvgIpc) is 2.63. The molecule has 1 N–H and O–H groups in total. The molecule has 1 aromatic heterocycles. The van der Waals surface area contributed by atoms with E-state index in [0.717, 1.165) is 21.8 Å². The van der Waals surface area contributed by atoms with Crippen molar-refractivity contribution < 1.29 is 4.79 Å². The van der Waals surface area contributed by atoms with Crippen LogP contribution in [0.4, 0.5) is 0 Å². The number of hydrogen-bond acceptors (Lipinski definition) is 4. The summed E-state index contributed by atoms with van der Waals surface area (Å²) in [5.41, 5.74) is 2.71. The van der Waals surface area contributed by atoms with Crippen LogP contribution in [-0.2, 0) is 4.79 Å². The molecule has 1 heterocycles. The van der Waals surface area contributed by atoms with Crippen molar-refractivity contribution in [3.63, 3.8) is 0 Å². The molecule has 0 aliphatic heterocycles. The Labute approximate surface area is 171 Å². The van der Waals surface area contributed by atoms with E-state index in [9.17, 15) is 4.79 Å². The Morgan fingerprint density at radius 3 is 2.46 bits per heavy atom. The Morgan fingerprint density at radius 2 is 1.81 bits per heavy atom. The molecule has 8 heteroatoms. The molecule has 26 heavy (non-hydrogen) atoms. The van der Waals surface area contributed by atoms with E-state index in [4.69, 9.17) is 34.8 Å². The minimum atomic E-state index is 0.533. The van der Waals surface area contributed by atoms with Gasteiger partial charge in [-0.05, 0) is 55.3 Å². The molecular formula is C18H14Cl3N3OS. The van der Waals surface area contributed by atoms with Gasteiger partial charge in [-0.1, -0.05) is 46.9 Å². The monoisotopic (exact) mass is 425 g/mol. The van der Waals surface area contributed by atoms with Crippen LogP contribution in [0.5, 0.6) is 0 Å². The fraction of sp³-hybridized carbons (Fsp3) is 0.0556. The van der Waals surface area contributed by atoms with Gasteiger partial charge in [-0.2, -0.15) is 0 Å². The van der Waals surface area contributed by atoms with Gasteiger partial charge >= 0.3 is 0 Å². The molecule has 3 aromatic rings.